The van der Waals surface area contributed by atoms with Crippen molar-refractivity contribution in [2.75, 3.05) is 4.90 Å². The molecule has 1 aliphatic rings. The molecule has 1 heterocycles. The van der Waals surface area contributed by atoms with E-state index in [1.807, 2.05) is 109 Å². The highest BCUT2D eigenvalue weighted by atomic mass is 16.5. The molecule has 4 aromatic carbocycles. The molecule has 0 radical (unpaired) electrons. The number of anilines is 2. The van der Waals surface area contributed by atoms with Gasteiger partial charge in [-0.3, -0.25) is 9.69 Å². The lowest BCUT2D eigenvalue weighted by Gasteiger charge is -2.33. The van der Waals surface area contributed by atoms with Gasteiger partial charge in [-0.15, -0.1) is 0 Å². The smallest absolute Gasteiger partial charge is 0.243 e. The van der Waals surface area contributed by atoms with Gasteiger partial charge in [0.05, 0.1) is 17.3 Å². The zero-order chi connectivity index (χ0) is 19.6. The minimum Gasteiger partial charge on any atom is -0.453 e. The Morgan fingerprint density at radius 1 is 0.586 bits per heavy atom. The molecular weight excluding hydrogens is 358 g/mol. The van der Waals surface area contributed by atoms with Gasteiger partial charge in [0.25, 0.3) is 0 Å². The summed E-state index contributed by atoms with van der Waals surface area (Å²) in [6.45, 7) is 0. The van der Waals surface area contributed by atoms with Gasteiger partial charge in [-0.2, -0.15) is 0 Å². The molecule has 1 aliphatic heterocycles. The summed E-state index contributed by atoms with van der Waals surface area (Å²) in [6, 6.07) is 35.2. The Balaban J connectivity index is 1.69. The summed E-state index contributed by atoms with van der Waals surface area (Å²) >= 11 is 0. The Labute approximate surface area is 169 Å². The Hall–Kier alpha value is -3.85. The van der Waals surface area contributed by atoms with E-state index in [0.717, 1.165) is 22.5 Å². The van der Waals surface area contributed by atoms with Gasteiger partial charge >= 0.3 is 0 Å². The predicted molar refractivity (Wildman–Crippen MR) is 115 cm³/mol. The fourth-order valence-electron chi connectivity index (χ4n) is 3.84. The van der Waals surface area contributed by atoms with E-state index >= 15 is 0 Å². The Morgan fingerprint density at radius 3 is 1.48 bits per heavy atom. The highest BCUT2D eigenvalue weighted by molar-refractivity contribution is 6.08. The molecule has 3 heteroatoms. The van der Waals surface area contributed by atoms with Crippen molar-refractivity contribution in [3.8, 4) is 11.5 Å². The molecule has 0 saturated heterocycles. The first-order chi connectivity index (χ1) is 14.3. The summed E-state index contributed by atoms with van der Waals surface area (Å²) in [4.78, 5) is 15.9. The number of fused-ring (bicyclic) bond motifs is 2. The number of para-hydroxylation sites is 4. The number of ether oxygens (including phenoxy) is 1. The van der Waals surface area contributed by atoms with Gasteiger partial charge in [0.2, 0.25) is 5.91 Å². The molecule has 3 nitrogen and oxygen atoms in total. The Kier molecular flexibility index (Phi) is 4.34. The van der Waals surface area contributed by atoms with Crippen molar-refractivity contribution in [3.05, 3.63) is 120 Å². The third-order valence-corrected chi connectivity index (χ3v) is 5.17. The zero-order valence-corrected chi connectivity index (χ0v) is 15.7. The van der Waals surface area contributed by atoms with Crippen molar-refractivity contribution in [3.63, 3.8) is 0 Å². The van der Waals surface area contributed by atoms with E-state index in [0.29, 0.717) is 11.5 Å². The van der Waals surface area contributed by atoms with Crippen LogP contribution in [0.1, 0.15) is 17.0 Å². The minimum atomic E-state index is -0.420. The first kappa shape index (κ1) is 17.3. The highest BCUT2D eigenvalue weighted by Crippen LogP contribution is 2.48. The molecule has 0 saturated carbocycles. The largest absolute Gasteiger partial charge is 0.453 e. The summed E-state index contributed by atoms with van der Waals surface area (Å²) in [7, 11) is 0. The van der Waals surface area contributed by atoms with Crippen molar-refractivity contribution in [1.29, 1.82) is 0 Å². The summed E-state index contributed by atoms with van der Waals surface area (Å²) in [6.07, 6.45) is 0. The van der Waals surface area contributed by atoms with Gasteiger partial charge in [-0.05, 0) is 35.4 Å². The minimum absolute atomic E-state index is 0.00870. The summed E-state index contributed by atoms with van der Waals surface area (Å²) in [5, 5.41) is 0. The molecule has 0 aromatic heterocycles. The maximum Gasteiger partial charge on any atom is 0.243 e. The molecule has 140 valence electrons. The number of carbonyl (C=O) groups excluding carboxylic acids is 1. The molecule has 5 rings (SSSR count). The van der Waals surface area contributed by atoms with E-state index in [4.69, 9.17) is 4.74 Å². The number of rotatable bonds is 3. The van der Waals surface area contributed by atoms with Gasteiger partial charge < -0.3 is 4.74 Å². The van der Waals surface area contributed by atoms with Crippen LogP contribution in [0.3, 0.4) is 0 Å². The van der Waals surface area contributed by atoms with E-state index in [1.165, 1.54) is 0 Å². The lowest BCUT2D eigenvalue weighted by Crippen LogP contribution is -2.33. The molecule has 0 fully saturated rings. The highest BCUT2D eigenvalue weighted by Gasteiger charge is 2.34. The number of benzene rings is 4. The molecular formula is C26H19NO2. The number of hydrogen-bond acceptors (Lipinski definition) is 2. The van der Waals surface area contributed by atoms with Gasteiger partial charge in [-0.25, -0.2) is 0 Å². The van der Waals surface area contributed by atoms with Crippen LogP contribution in [-0.4, -0.2) is 5.91 Å². The fraction of sp³-hybridized carbons (Fsp3) is 0.0385. The molecule has 1 amide bonds. The Bertz CT molecular complexity index is 1070. The van der Waals surface area contributed by atoms with Crippen LogP contribution < -0.4 is 9.64 Å². The van der Waals surface area contributed by atoms with Gasteiger partial charge in [0.15, 0.2) is 11.5 Å². The number of amides is 1. The molecule has 0 bridgehead atoms. The summed E-state index contributed by atoms with van der Waals surface area (Å²) < 4.78 is 6.06. The average molecular weight is 377 g/mol. The molecule has 4 aromatic rings. The van der Waals surface area contributed by atoms with Crippen LogP contribution in [0, 0.1) is 0 Å². The first-order valence-corrected chi connectivity index (χ1v) is 9.63. The maximum absolute atomic E-state index is 14.1. The normalized spacial score (nSPS) is 12.1. The molecule has 0 spiro atoms. The SMILES string of the molecule is O=C(C(c1ccccc1)c1ccccc1)N1c2ccccc2Oc2ccccc21. The maximum atomic E-state index is 14.1. The van der Waals surface area contributed by atoms with Crippen LogP contribution in [0.15, 0.2) is 109 Å². The molecule has 0 aliphatic carbocycles. The summed E-state index contributed by atoms with van der Waals surface area (Å²) in [5.74, 6) is 0.932. The van der Waals surface area contributed by atoms with Crippen LogP contribution in [0.25, 0.3) is 0 Å². The second-order valence-electron chi connectivity index (χ2n) is 6.97. The number of hydrogen-bond donors (Lipinski definition) is 0. The first-order valence-electron chi connectivity index (χ1n) is 9.63. The van der Waals surface area contributed by atoms with Crippen molar-refractivity contribution < 1.29 is 9.53 Å². The zero-order valence-electron chi connectivity index (χ0n) is 15.7. The second kappa shape index (κ2) is 7.28. The van der Waals surface area contributed by atoms with Crippen LogP contribution >= 0.6 is 0 Å². The van der Waals surface area contributed by atoms with E-state index in [-0.39, 0.29) is 5.91 Å². The summed E-state index contributed by atoms with van der Waals surface area (Å²) in [5.41, 5.74) is 3.44. The van der Waals surface area contributed by atoms with Crippen molar-refractivity contribution in [2.24, 2.45) is 0 Å². The molecule has 0 atom stereocenters. The predicted octanol–water partition coefficient (Wildman–Crippen LogP) is 6.29. The standard InChI is InChI=1S/C26H19NO2/c28-26(25(19-11-3-1-4-12-19)20-13-5-2-6-14-20)27-21-15-7-9-17-23(21)29-24-18-10-8-16-22(24)27/h1-18,25H. The quantitative estimate of drug-likeness (QED) is 0.420. The van der Waals surface area contributed by atoms with Gasteiger partial charge in [-0.1, -0.05) is 84.9 Å². The van der Waals surface area contributed by atoms with Crippen LogP contribution in [0.5, 0.6) is 11.5 Å². The second-order valence-corrected chi connectivity index (χ2v) is 6.97. The Morgan fingerprint density at radius 2 is 1.00 bits per heavy atom. The van der Waals surface area contributed by atoms with E-state index in [1.54, 1.807) is 4.90 Å². The van der Waals surface area contributed by atoms with Gasteiger partial charge in [0.1, 0.15) is 0 Å². The molecule has 0 unspecified atom stereocenters. The van der Waals surface area contributed by atoms with E-state index in [2.05, 4.69) is 0 Å². The monoisotopic (exact) mass is 377 g/mol. The van der Waals surface area contributed by atoms with Crippen molar-refractivity contribution >= 4 is 17.3 Å². The topological polar surface area (TPSA) is 29.5 Å². The van der Waals surface area contributed by atoms with Crippen molar-refractivity contribution in [1.82, 2.24) is 0 Å². The van der Waals surface area contributed by atoms with Crippen LogP contribution in [-0.2, 0) is 4.79 Å². The van der Waals surface area contributed by atoms with E-state index < -0.39 is 5.92 Å². The van der Waals surface area contributed by atoms with Crippen LogP contribution in [0.2, 0.25) is 0 Å². The van der Waals surface area contributed by atoms with Crippen molar-refractivity contribution in [2.45, 2.75) is 5.92 Å². The lowest BCUT2D eigenvalue weighted by molar-refractivity contribution is -0.118. The van der Waals surface area contributed by atoms with Gasteiger partial charge in [0, 0.05) is 0 Å². The fourth-order valence-corrected chi connectivity index (χ4v) is 3.84. The third-order valence-electron chi connectivity index (χ3n) is 5.17. The number of nitrogens with zero attached hydrogens (tertiary/aromatic N) is 1. The molecule has 29 heavy (non-hydrogen) atoms. The van der Waals surface area contributed by atoms with Crippen LogP contribution in [0.4, 0.5) is 11.4 Å². The average Bonchev–Trinajstić information content (AvgIpc) is 2.79. The molecule has 0 N–H and O–H groups in total. The third kappa shape index (κ3) is 3.07. The lowest BCUT2D eigenvalue weighted by atomic mass is 9.89. The van der Waals surface area contributed by atoms with E-state index in [9.17, 15) is 4.79 Å². The number of carbonyl (C=O) groups is 1.